The van der Waals surface area contributed by atoms with Crippen LogP contribution in [0.5, 0.6) is 0 Å². The van der Waals surface area contributed by atoms with Crippen LogP contribution in [0.3, 0.4) is 0 Å². The quantitative estimate of drug-likeness (QED) is 0.933. The summed E-state index contributed by atoms with van der Waals surface area (Å²) in [6.07, 6.45) is 2.72. The van der Waals surface area contributed by atoms with E-state index in [1.54, 1.807) is 0 Å². The lowest BCUT2D eigenvalue weighted by atomic mass is 10.0. The van der Waals surface area contributed by atoms with Crippen LogP contribution in [-0.4, -0.2) is 22.4 Å². The molecule has 0 aliphatic carbocycles. The van der Waals surface area contributed by atoms with E-state index in [0.29, 0.717) is 6.54 Å². The van der Waals surface area contributed by atoms with E-state index >= 15 is 0 Å². The highest BCUT2D eigenvalue weighted by atomic mass is 35.5. The standard InChI is InChI=1S/C14H14ClN3O/c1-10(11-5-3-2-4-6-11)7-18-14(19)12-8-17-13(15)9-16-12/h2-6,8-10H,7H2,1H3,(H,18,19). The Bertz CT molecular complexity index is 542. The predicted octanol–water partition coefficient (Wildman–Crippen LogP) is 2.66. The van der Waals surface area contributed by atoms with E-state index in [1.807, 2.05) is 30.3 Å². The van der Waals surface area contributed by atoms with Gasteiger partial charge in [0.1, 0.15) is 10.8 Å². The molecule has 4 nitrogen and oxygen atoms in total. The maximum atomic E-state index is 11.8. The minimum atomic E-state index is -0.244. The Labute approximate surface area is 116 Å². The normalized spacial score (nSPS) is 11.9. The molecule has 1 unspecified atom stereocenters. The predicted molar refractivity (Wildman–Crippen MR) is 74.2 cm³/mol. The van der Waals surface area contributed by atoms with Gasteiger partial charge in [-0.1, -0.05) is 48.9 Å². The topological polar surface area (TPSA) is 54.9 Å². The third-order valence-corrected chi connectivity index (χ3v) is 2.99. The van der Waals surface area contributed by atoms with Crippen molar-refractivity contribution in [3.8, 4) is 0 Å². The Hall–Kier alpha value is -1.94. The number of carbonyl (C=O) groups is 1. The van der Waals surface area contributed by atoms with Crippen LogP contribution < -0.4 is 5.32 Å². The highest BCUT2D eigenvalue weighted by molar-refractivity contribution is 6.29. The highest BCUT2D eigenvalue weighted by Gasteiger charge is 2.10. The van der Waals surface area contributed by atoms with Crippen LogP contribution in [0, 0.1) is 0 Å². The van der Waals surface area contributed by atoms with E-state index < -0.39 is 0 Å². The fourth-order valence-corrected chi connectivity index (χ4v) is 1.76. The molecule has 0 radical (unpaired) electrons. The van der Waals surface area contributed by atoms with Gasteiger partial charge in [-0.3, -0.25) is 4.79 Å². The smallest absolute Gasteiger partial charge is 0.271 e. The van der Waals surface area contributed by atoms with Crippen LogP contribution in [-0.2, 0) is 0 Å². The van der Waals surface area contributed by atoms with Crippen LogP contribution >= 0.6 is 11.6 Å². The number of rotatable bonds is 4. The number of carbonyl (C=O) groups excluding carboxylic acids is 1. The van der Waals surface area contributed by atoms with Crippen LogP contribution in [0.1, 0.15) is 28.9 Å². The fraction of sp³-hybridized carbons (Fsp3) is 0.214. The first kappa shape index (κ1) is 13.5. The lowest BCUT2D eigenvalue weighted by molar-refractivity contribution is 0.0946. The van der Waals surface area contributed by atoms with Gasteiger partial charge in [-0.15, -0.1) is 0 Å². The zero-order valence-electron chi connectivity index (χ0n) is 10.5. The summed E-state index contributed by atoms with van der Waals surface area (Å²) >= 11 is 5.62. The van der Waals surface area contributed by atoms with Gasteiger partial charge in [0, 0.05) is 6.54 Å². The molecular weight excluding hydrogens is 262 g/mol. The molecule has 2 aromatic rings. The monoisotopic (exact) mass is 275 g/mol. The Balaban J connectivity index is 1.92. The summed E-state index contributed by atoms with van der Waals surface area (Å²) in [5.41, 5.74) is 1.45. The summed E-state index contributed by atoms with van der Waals surface area (Å²) < 4.78 is 0. The van der Waals surface area contributed by atoms with Crippen LogP contribution in [0.4, 0.5) is 0 Å². The number of halogens is 1. The first-order valence-electron chi connectivity index (χ1n) is 5.97. The molecule has 98 valence electrons. The van der Waals surface area contributed by atoms with Gasteiger partial charge in [0.15, 0.2) is 0 Å². The maximum Gasteiger partial charge on any atom is 0.271 e. The summed E-state index contributed by atoms with van der Waals surface area (Å²) in [5.74, 6) is -0.00245. The van der Waals surface area contributed by atoms with Crippen LogP contribution in [0.2, 0.25) is 5.15 Å². The van der Waals surface area contributed by atoms with Crippen molar-refractivity contribution in [3.05, 3.63) is 59.1 Å². The molecule has 0 bridgehead atoms. The van der Waals surface area contributed by atoms with Crippen molar-refractivity contribution in [2.75, 3.05) is 6.54 Å². The van der Waals surface area contributed by atoms with Crippen molar-refractivity contribution in [1.29, 1.82) is 0 Å². The van der Waals surface area contributed by atoms with Gasteiger partial charge >= 0.3 is 0 Å². The molecule has 0 fully saturated rings. The average Bonchev–Trinajstić information content (AvgIpc) is 2.46. The van der Waals surface area contributed by atoms with E-state index in [0.717, 1.165) is 0 Å². The van der Waals surface area contributed by atoms with Gasteiger partial charge in [-0.05, 0) is 11.5 Å². The highest BCUT2D eigenvalue weighted by Crippen LogP contribution is 2.13. The molecule has 2 rings (SSSR count). The van der Waals surface area contributed by atoms with Gasteiger partial charge < -0.3 is 5.32 Å². The first-order valence-corrected chi connectivity index (χ1v) is 6.35. The third kappa shape index (κ3) is 3.76. The first-order chi connectivity index (χ1) is 9.16. The van der Waals surface area contributed by atoms with Crippen LogP contribution in [0.25, 0.3) is 0 Å². The second-order valence-corrected chi connectivity index (χ2v) is 4.63. The molecular formula is C14H14ClN3O. The van der Waals surface area contributed by atoms with Crippen LogP contribution in [0.15, 0.2) is 42.7 Å². The minimum absolute atomic E-state index is 0.241. The number of hydrogen-bond acceptors (Lipinski definition) is 3. The molecule has 0 saturated heterocycles. The summed E-state index contributed by atoms with van der Waals surface area (Å²) in [4.78, 5) is 19.6. The lowest BCUT2D eigenvalue weighted by Crippen LogP contribution is -2.28. The summed E-state index contributed by atoms with van der Waals surface area (Å²) in [7, 11) is 0. The summed E-state index contributed by atoms with van der Waals surface area (Å²) in [5, 5.41) is 3.10. The second kappa shape index (κ2) is 6.29. The molecule has 1 aromatic carbocycles. The second-order valence-electron chi connectivity index (χ2n) is 4.25. The van der Waals surface area contributed by atoms with Gasteiger partial charge in [0.05, 0.1) is 12.4 Å². The Morgan fingerprint density at radius 1 is 1.26 bits per heavy atom. The molecule has 0 spiro atoms. The van der Waals surface area contributed by atoms with Crippen molar-refractivity contribution < 1.29 is 4.79 Å². The Morgan fingerprint density at radius 2 is 2.00 bits per heavy atom. The van der Waals surface area contributed by atoms with Crippen molar-refractivity contribution in [1.82, 2.24) is 15.3 Å². The zero-order valence-corrected chi connectivity index (χ0v) is 11.3. The van der Waals surface area contributed by atoms with Crippen molar-refractivity contribution >= 4 is 17.5 Å². The Kier molecular flexibility index (Phi) is 4.47. The molecule has 1 N–H and O–H groups in total. The van der Waals surface area contributed by atoms with Gasteiger partial charge in [-0.25, -0.2) is 9.97 Å². The number of nitrogens with zero attached hydrogens (tertiary/aromatic N) is 2. The molecule has 5 heteroatoms. The van der Waals surface area contributed by atoms with Crippen molar-refractivity contribution in [3.63, 3.8) is 0 Å². The average molecular weight is 276 g/mol. The minimum Gasteiger partial charge on any atom is -0.350 e. The summed E-state index contributed by atoms with van der Waals surface area (Å²) in [6.45, 7) is 2.61. The largest absolute Gasteiger partial charge is 0.350 e. The number of amides is 1. The SMILES string of the molecule is CC(CNC(=O)c1cnc(Cl)cn1)c1ccccc1. The van der Waals surface area contributed by atoms with E-state index in [1.165, 1.54) is 18.0 Å². The van der Waals surface area contributed by atoms with Crippen molar-refractivity contribution in [2.24, 2.45) is 0 Å². The van der Waals surface area contributed by atoms with E-state index in [9.17, 15) is 4.79 Å². The fourth-order valence-electron chi connectivity index (χ4n) is 1.67. The molecule has 19 heavy (non-hydrogen) atoms. The lowest BCUT2D eigenvalue weighted by Gasteiger charge is -2.12. The third-order valence-electron chi connectivity index (χ3n) is 2.79. The van der Waals surface area contributed by atoms with Gasteiger partial charge in [0.25, 0.3) is 5.91 Å². The van der Waals surface area contributed by atoms with E-state index in [-0.39, 0.29) is 22.7 Å². The van der Waals surface area contributed by atoms with Gasteiger partial charge in [0.2, 0.25) is 0 Å². The number of aromatic nitrogens is 2. The Morgan fingerprint density at radius 3 is 2.63 bits per heavy atom. The molecule has 0 aliphatic rings. The van der Waals surface area contributed by atoms with E-state index in [2.05, 4.69) is 22.2 Å². The number of nitrogens with one attached hydrogen (secondary N) is 1. The van der Waals surface area contributed by atoms with E-state index in [4.69, 9.17) is 11.6 Å². The number of hydrogen-bond donors (Lipinski definition) is 1. The van der Waals surface area contributed by atoms with Crippen molar-refractivity contribution in [2.45, 2.75) is 12.8 Å². The molecule has 1 heterocycles. The molecule has 0 aliphatic heterocycles. The zero-order chi connectivity index (χ0) is 13.7. The molecule has 0 saturated carbocycles. The molecule has 1 atom stereocenters. The summed E-state index contributed by atoms with van der Waals surface area (Å²) in [6, 6.07) is 10.0. The molecule has 1 aromatic heterocycles. The number of benzene rings is 1. The van der Waals surface area contributed by atoms with Gasteiger partial charge in [-0.2, -0.15) is 0 Å². The maximum absolute atomic E-state index is 11.8. The molecule has 1 amide bonds.